The van der Waals surface area contributed by atoms with Gasteiger partial charge in [-0.1, -0.05) is 54.6 Å². The summed E-state index contributed by atoms with van der Waals surface area (Å²) in [5.74, 6) is 0.188. The van der Waals surface area contributed by atoms with Gasteiger partial charge in [-0.2, -0.15) is 31.8 Å². The van der Waals surface area contributed by atoms with E-state index in [1.54, 1.807) is 12.1 Å². The first-order valence-electron chi connectivity index (χ1n) is 12.6. The fraction of sp³-hybridized carbons (Fsp3) is 0.148. The minimum Gasteiger partial charge on any atom is -0.398 e. The standard InChI is InChI=1S/C27H26N6O7S2/c28-24(20-11-5-7-13-22(20)42(37,38)39)23(19-10-4-6-12-21(19)41(34,35)36)25-30-26(29-18-8-2-1-3-9-18)32-27(31-25)33-14-16-40-17-15-33/h1-13H,14-17,28H2,(H,34,35,36)(H,37,38,39)(H,29,30,31,32). The second kappa shape index (κ2) is 11.8. The molecule has 5 N–H and O–H groups in total. The Labute approximate surface area is 242 Å². The fourth-order valence-electron chi connectivity index (χ4n) is 4.42. The molecule has 3 aromatic carbocycles. The lowest BCUT2D eigenvalue weighted by Gasteiger charge is -2.27. The molecule has 1 aliphatic heterocycles. The molecule has 5 rings (SSSR count). The van der Waals surface area contributed by atoms with Crippen LogP contribution in [0.2, 0.25) is 0 Å². The molecule has 1 fully saturated rings. The van der Waals surface area contributed by atoms with Gasteiger partial charge in [0.05, 0.1) is 24.5 Å². The number of ether oxygens (including phenoxy) is 1. The van der Waals surface area contributed by atoms with Gasteiger partial charge in [0.2, 0.25) is 11.9 Å². The van der Waals surface area contributed by atoms with E-state index >= 15 is 0 Å². The van der Waals surface area contributed by atoms with Crippen molar-refractivity contribution < 1.29 is 30.7 Å². The second-order valence-electron chi connectivity index (χ2n) is 9.10. The van der Waals surface area contributed by atoms with Crippen LogP contribution in [0.1, 0.15) is 17.0 Å². The zero-order valence-corrected chi connectivity index (χ0v) is 23.6. The Balaban J connectivity index is 1.83. The molecule has 0 unspecified atom stereocenters. The Kier molecular flexibility index (Phi) is 8.20. The quantitative estimate of drug-likeness (QED) is 0.168. The first-order valence-corrected chi connectivity index (χ1v) is 15.4. The summed E-state index contributed by atoms with van der Waals surface area (Å²) < 4.78 is 75.0. The first kappa shape index (κ1) is 29.1. The minimum atomic E-state index is -4.80. The maximum atomic E-state index is 12.5. The van der Waals surface area contributed by atoms with Crippen LogP contribution >= 0.6 is 0 Å². The van der Waals surface area contributed by atoms with Gasteiger partial charge in [0, 0.05) is 29.9 Å². The highest BCUT2D eigenvalue weighted by Gasteiger charge is 2.27. The molecule has 1 aliphatic rings. The van der Waals surface area contributed by atoms with Gasteiger partial charge in [-0.25, -0.2) is 0 Å². The highest BCUT2D eigenvalue weighted by molar-refractivity contribution is 7.86. The van der Waals surface area contributed by atoms with E-state index < -0.39 is 30.0 Å². The normalized spacial score (nSPS) is 14.8. The average molecular weight is 611 g/mol. The van der Waals surface area contributed by atoms with Crippen LogP contribution < -0.4 is 16.0 Å². The number of aromatic nitrogens is 3. The van der Waals surface area contributed by atoms with Crippen LogP contribution in [-0.4, -0.2) is 67.2 Å². The van der Waals surface area contributed by atoms with Crippen molar-refractivity contribution in [1.29, 1.82) is 0 Å². The number of benzene rings is 3. The molecule has 218 valence electrons. The summed E-state index contributed by atoms with van der Waals surface area (Å²) in [7, 11) is -9.56. The second-order valence-corrected chi connectivity index (χ2v) is 11.9. The number of anilines is 3. The van der Waals surface area contributed by atoms with Crippen LogP contribution in [0.5, 0.6) is 0 Å². The summed E-state index contributed by atoms with van der Waals surface area (Å²) in [6, 6.07) is 19.9. The fourth-order valence-corrected chi connectivity index (χ4v) is 5.83. The summed E-state index contributed by atoms with van der Waals surface area (Å²) in [4.78, 5) is 14.5. The van der Waals surface area contributed by atoms with Gasteiger partial charge in [0.1, 0.15) is 9.79 Å². The number of nitrogens with one attached hydrogen (secondary N) is 1. The summed E-state index contributed by atoms with van der Waals surface area (Å²) in [6.07, 6.45) is 0. The molecule has 15 heteroatoms. The van der Waals surface area contributed by atoms with E-state index in [0.717, 1.165) is 6.07 Å². The van der Waals surface area contributed by atoms with E-state index in [1.807, 2.05) is 23.1 Å². The third-order valence-corrected chi connectivity index (χ3v) is 8.15. The Bertz CT molecular complexity index is 1860. The Hall–Kier alpha value is -4.41. The summed E-state index contributed by atoms with van der Waals surface area (Å²) in [6.45, 7) is 1.74. The average Bonchev–Trinajstić information content (AvgIpc) is 2.97. The molecule has 0 radical (unpaired) electrons. The third kappa shape index (κ3) is 6.40. The van der Waals surface area contributed by atoms with Crippen LogP contribution in [0.4, 0.5) is 17.6 Å². The highest BCUT2D eigenvalue weighted by Crippen LogP contribution is 2.35. The SMILES string of the molecule is NC(=C(c1nc(Nc2ccccc2)nc(N2CCOCC2)n1)c1ccccc1S(=O)(=O)O)c1ccccc1S(=O)(=O)O. The van der Waals surface area contributed by atoms with Crippen molar-refractivity contribution in [2.75, 3.05) is 36.5 Å². The lowest BCUT2D eigenvalue weighted by Crippen LogP contribution is -2.37. The molecule has 0 amide bonds. The van der Waals surface area contributed by atoms with Crippen molar-refractivity contribution >= 4 is 49.1 Å². The Morgan fingerprint density at radius 2 is 1.31 bits per heavy atom. The van der Waals surface area contributed by atoms with Crippen molar-refractivity contribution in [3.63, 3.8) is 0 Å². The molecule has 1 aromatic heterocycles. The van der Waals surface area contributed by atoms with Crippen molar-refractivity contribution in [2.45, 2.75) is 9.79 Å². The molecule has 1 saturated heterocycles. The molecule has 0 saturated carbocycles. The summed E-state index contributed by atoms with van der Waals surface area (Å²) >= 11 is 0. The van der Waals surface area contributed by atoms with Gasteiger partial charge >= 0.3 is 0 Å². The lowest BCUT2D eigenvalue weighted by atomic mass is 9.98. The maximum absolute atomic E-state index is 12.5. The number of nitrogens with zero attached hydrogens (tertiary/aromatic N) is 4. The van der Waals surface area contributed by atoms with Crippen molar-refractivity contribution in [2.24, 2.45) is 5.73 Å². The van der Waals surface area contributed by atoms with Gasteiger partial charge in [-0.05, 0) is 24.3 Å². The monoisotopic (exact) mass is 610 g/mol. The molecule has 2 heterocycles. The van der Waals surface area contributed by atoms with E-state index in [2.05, 4.69) is 20.3 Å². The molecular weight excluding hydrogens is 584 g/mol. The largest absolute Gasteiger partial charge is 0.398 e. The molecule has 0 atom stereocenters. The van der Waals surface area contributed by atoms with E-state index in [0.29, 0.717) is 32.0 Å². The predicted octanol–water partition coefficient (Wildman–Crippen LogP) is 2.82. The molecule has 4 aromatic rings. The number of para-hydroxylation sites is 1. The Morgan fingerprint density at radius 3 is 1.93 bits per heavy atom. The molecule has 42 heavy (non-hydrogen) atoms. The molecule has 0 spiro atoms. The van der Waals surface area contributed by atoms with E-state index in [-0.39, 0.29) is 40.1 Å². The molecule has 13 nitrogen and oxygen atoms in total. The number of morpholine rings is 1. The predicted molar refractivity (Wildman–Crippen MR) is 155 cm³/mol. The van der Waals surface area contributed by atoms with Gasteiger partial charge < -0.3 is 20.7 Å². The third-order valence-electron chi connectivity index (χ3n) is 6.33. The lowest BCUT2D eigenvalue weighted by molar-refractivity contribution is 0.122. The summed E-state index contributed by atoms with van der Waals surface area (Å²) in [5.41, 5.74) is 6.64. The molecular formula is C27H26N6O7S2. The first-order chi connectivity index (χ1) is 20.0. The van der Waals surface area contributed by atoms with Crippen LogP contribution in [0.25, 0.3) is 11.3 Å². The highest BCUT2D eigenvalue weighted by atomic mass is 32.2. The van der Waals surface area contributed by atoms with Crippen molar-refractivity contribution in [1.82, 2.24) is 15.0 Å². The number of nitrogens with two attached hydrogens (primary N) is 1. The van der Waals surface area contributed by atoms with Gasteiger partial charge in [-0.15, -0.1) is 0 Å². The van der Waals surface area contributed by atoms with Crippen LogP contribution in [0, 0.1) is 0 Å². The van der Waals surface area contributed by atoms with E-state index in [9.17, 15) is 25.9 Å². The number of hydrogen-bond acceptors (Lipinski definition) is 11. The van der Waals surface area contributed by atoms with Gasteiger partial charge in [0.25, 0.3) is 20.2 Å². The van der Waals surface area contributed by atoms with Crippen molar-refractivity contribution in [3.8, 4) is 0 Å². The smallest absolute Gasteiger partial charge is 0.295 e. The van der Waals surface area contributed by atoms with E-state index in [1.165, 1.54) is 42.5 Å². The Morgan fingerprint density at radius 1 is 0.762 bits per heavy atom. The topological polar surface area (TPSA) is 198 Å². The summed E-state index contributed by atoms with van der Waals surface area (Å²) in [5, 5.41) is 3.10. The maximum Gasteiger partial charge on any atom is 0.295 e. The van der Waals surface area contributed by atoms with Gasteiger partial charge in [-0.3, -0.25) is 9.11 Å². The van der Waals surface area contributed by atoms with Crippen LogP contribution in [0.15, 0.2) is 88.7 Å². The van der Waals surface area contributed by atoms with E-state index in [4.69, 9.17) is 10.5 Å². The van der Waals surface area contributed by atoms with Crippen LogP contribution in [0.3, 0.4) is 0 Å². The minimum absolute atomic E-state index is 0.0883. The van der Waals surface area contributed by atoms with Crippen LogP contribution in [-0.2, 0) is 25.0 Å². The number of hydrogen-bond donors (Lipinski definition) is 4. The number of rotatable bonds is 8. The molecule has 0 bridgehead atoms. The molecule has 0 aliphatic carbocycles. The van der Waals surface area contributed by atoms with Crippen molar-refractivity contribution in [3.05, 3.63) is 95.8 Å². The zero-order chi connectivity index (χ0) is 29.9. The van der Waals surface area contributed by atoms with Gasteiger partial charge in [0.15, 0.2) is 5.82 Å². The zero-order valence-electron chi connectivity index (χ0n) is 22.0.